The molecule has 1 amide bonds. The Bertz CT molecular complexity index is 337. The zero-order valence-electron chi connectivity index (χ0n) is 7.09. The van der Waals surface area contributed by atoms with Crippen LogP contribution in [0.1, 0.15) is 12.8 Å². The molecule has 0 atom stereocenters. The van der Waals surface area contributed by atoms with Crippen LogP contribution in [0.25, 0.3) is 0 Å². The summed E-state index contributed by atoms with van der Waals surface area (Å²) in [6, 6.07) is 8.20. The van der Waals surface area contributed by atoms with E-state index in [2.05, 4.69) is 6.07 Å². The van der Waals surface area contributed by atoms with Gasteiger partial charge < -0.3 is 4.90 Å². The molecule has 1 aliphatic heterocycles. The van der Waals surface area contributed by atoms with E-state index in [1.807, 2.05) is 6.07 Å². The molecule has 1 aromatic carbocycles. The van der Waals surface area contributed by atoms with Crippen molar-refractivity contribution in [1.82, 2.24) is 0 Å². The van der Waals surface area contributed by atoms with Gasteiger partial charge in [0.2, 0.25) is 5.91 Å². The molecule has 1 fully saturated rings. The fraction of sp³-hybridized carbons (Fsp3) is 0.300. The fourth-order valence-corrected chi connectivity index (χ4v) is 1.69. The molecule has 0 unspecified atom stereocenters. The Balaban J connectivity index is 2.29. The van der Waals surface area contributed by atoms with E-state index in [9.17, 15) is 4.79 Å². The molecule has 1 saturated heterocycles. The molecule has 2 rings (SSSR count). The first kappa shape index (κ1) is 8.57. The lowest BCUT2D eigenvalue weighted by molar-refractivity contribution is -0.117. The van der Waals surface area contributed by atoms with Gasteiger partial charge in [0.1, 0.15) is 0 Å². The minimum Gasteiger partial charge on any atom is -0.312 e. The van der Waals surface area contributed by atoms with Gasteiger partial charge in [0.05, 0.1) is 5.02 Å². The molecule has 0 saturated carbocycles. The van der Waals surface area contributed by atoms with Gasteiger partial charge in [0, 0.05) is 24.7 Å². The van der Waals surface area contributed by atoms with Gasteiger partial charge in [-0.2, -0.15) is 0 Å². The van der Waals surface area contributed by atoms with Gasteiger partial charge in [0.25, 0.3) is 0 Å². The minimum absolute atomic E-state index is 0.183. The highest BCUT2D eigenvalue weighted by Crippen LogP contribution is 2.23. The molecule has 0 aliphatic carbocycles. The molecule has 1 heterocycles. The van der Waals surface area contributed by atoms with E-state index < -0.39 is 0 Å². The largest absolute Gasteiger partial charge is 0.312 e. The van der Waals surface area contributed by atoms with Gasteiger partial charge >= 0.3 is 0 Å². The SMILES string of the molecule is O=C1CCCN1c1cc[c]c(Cl)c1. The van der Waals surface area contributed by atoms with Crippen LogP contribution in [-0.2, 0) is 4.79 Å². The number of hydrogen-bond donors (Lipinski definition) is 0. The number of anilines is 1. The summed E-state index contributed by atoms with van der Waals surface area (Å²) in [7, 11) is 0. The molecule has 0 N–H and O–H groups in total. The number of hydrogen-bond acceptors (Lipinski definition) is 1. The van der Waals surface area contributed by atoms with Gasteiger partial charge in [-0.15, -0.1) is 0 Å². The van der Waals surface area contributed by atoms with Crippen molar-refractivity contribution in [3.63, 3.8) is 0 Å². The summed E-state index contributed by atoms with van der Waals surface area (Å²) < 4.78 is 0. The van der Waals surface area contributed by atoms with Crippen molar-refractivity contribution in [2.75, 3.05) is 11.4 Å². The van der Waals surface area contributed by atoms with Crippen LogP contribution < -0.4 is 4.90 Å². The van der Waals surface area contributed by atoms with Gasteiger partial charge in [-0.25, -0.2) is 0 Å². The molecule has 1 aromatic rings. The van der Waals surface area contributed by atoms with Crippen LogP contribution in [0.5, 0.6) is 0 Å². The van der Waals surface area contributed by atoms with Crippen LogP contribution in [0, 0.1) is 6.07 Å². The molecule has 1 aliphatic rings. The van der Waals surface area contributed by atoms with Gasteiger partial charge in [0.15, 0.2) is 0 Å². The standard InChI is InChI=1S/C10H9ClNO/c11-8-3-1-4-9(7-8)12-6-2-5-10(12)13/h1,4,7H,2,5-6H2. The number of benzene rings is 1. The quantitative estimate of drug-likeness (QED) is 0.672. The van der Waals surface area contributed by atoms with Crippen LogP contribution in [0.4, 0.5) is 5.69 Å². The molecule has 2 nitrogen and oxygen atoms in total. The van der Waals surface area contributed by atoms with E-state index in [0.29, 0.717) is 11.4 Å². The Hall–Kier alpha value is -1.02. The van der Waals surface area contributed by atoms with Crippen molar-refractivity contribution >= 4 is 23.2 Å². The third-order valence-corrected chi connectivity index (χ3v) is 2.35. The zero-order chi connectivity index (χ0) is 9.26. The molecule has 1 radical (unpaired) electrons. The molecular weight excluding hydrogens is 186 g/mol. The second kappa shape index (κ2) is 3.38. The van der Waals surface area contributed by atoms with E-state index in [1.165, 1.54) is 0 Å². The van der Waals surface area contributed by atoms with Crippen LogP contribution >= 0.6 is 11.6 Å². The Labute approximate surface area is 82.1 Å². The maximum absolute atomic E-state index is 11.4. The molecule has 3 heteroatoms. The zero-order valence-corrected chi connectivity index (χ0v) is 7.84. The highest BCUT2D eigenvalue weighted by Gasteiger charge is 2.21. The lowest BCUT2D eigenvalue weighted by Crippen LogP contribution is -2.23. The molecular formula is C10H9ClNO. The van der Waals surface area contributed by atoms with Crippen molar-refractivity contribution in [2.45, 2.75) is 12.8 Å². The lowest BCUT2D eigenvalue weighted by atomic mass is 10.3. The lowest BCUT2D eigenvalue weighted by Gasteiger charge is -2.15. The summed E-state index contributed by atoms with van der Waals surface area (Å²) in [5.41, 5.74) is 0.881. The van der Waals surface area contributed by atoms with Crippen molar-refractivity contribution < 1.29 is 4.79 Å². The minimum atomic E-state index is 0.183. The summed E-state index contributed by atoms with van der Waals surface area (Å²) in [6.07, 6.45) is 1.59. The van der Waals surface area contributed by atoms with Crippen LogP contribution in [0.3, 0.4) is 0 Å². The summed E-state index contributed by atoms with van der Waals surface area (Å²) in [4.78, 5) is 13.1. The van der Waals surface area contributed by atoms with Crippen LogP contribution in [0.15, 0.2) is 18.2 Å². The second-order valence-corrected chi connectivity index (χ2v) is 3.45. The predicted molar refractivity (Wildman–Crippen MR) is 51.9 cm³/mol. The topological polar surface area (TPSA) is 20.3 Å². The number of carbonyl (C=O) groups excluding carboxylic acids is 1. The van der Waals surface area contributed by atoms with Gasteiger partial charge in [-0.05, 0) is 18.6 Å². The molecule has 0 spiro atoms. The monoisotopic (exact) mass is 194 g/mol. The Morgan fingerprint density at radius 2 is 2.38 bits per heavy atom. The number of carbonyl (C=O) groups is 1. The molecule has 67 valence electrons. The third-order valence-electron chi connectivity index (χ3n) is 2.14. The number of nitrogens with zero attached hydrogens (tertiary/aromatic N) is 1. The van der Waals surface area contributed by atoms with Crippen molar-refractivity contribution in [3.05, 3.63) is 29.3 Å². The molecule has 0 bridgehead atoms. The highest BCUT2D eigenvalue weighted by atomic mass is 35.5. The second-order valence-electron chi connectivity index (χ2n) is 3.04. The predicted octanol–water partition coefficient (Wildman–Crippen LogP) is 2.27. The van der Waals surface area contributed by atoms with E-state index in [-0.39, 0.29) is 5.91 Å². The van der Waals surface area contributed by atoms with Crippen LogP contribution in [-0.4, -0.2) is 12.5 Å². The Morgan fingerprint density at radius 3 is 3.00 bits per heavy atom. The average Bonchev–Trinajstić information content (AvgIpc) is 2.51. The number of rotatable bonds is 1. The summed E-state index contributed by atoms with van der Waals surface area (Å²) >= 11 is 5.78. The smallest absolute Gasteiger partial charge is 0.227 e. The van der Waals surface area contributed by atoms with Crippen LogP contribution in [0.2, 0.25) is 5.02 Å². The average molecular weight is 195 g/mol. The molecule has 0 aromatic heterocycles. The summed E-state index contributed by atoms with van der Waals surface area (Å²) in [5, 5.41) is 0.553. The highest BCUT2D eigenvalue weighted by molar-refractivity contribution is 6.30. The molecule has 13 heavy (non-hydrogen) atoms. The van der Waals surface area contributed by atoms with E-state index in [1.54, 1.807) is 17.0 Å². The Kier molecular flexibility index (Phi) is 2.23. The first-order valence-electron chi connectivity index (χ1n) is 4.25. The first-order valence-corrected chi connectivity index (χ1v) is 4.63. The van der Waals surface area contributed by atoms with E-state index in [0.717, 1.165) is 18.7 Å². The van der Waals surface area contributed by atoms with Gasteiger partial charge in [-0.3, -0.25) is 4.79 Å². The first-order chi connectivity index (χ1) is 6.27. The van der Waals surface area contributed by atoms with Crippen molar-refractivity contribution in [1.29, 1.82) is 0 Å². The fourth-order valence-electron chi connectivity index (χ4n) is 1.52. The van der Waals surface area contributed by atoms with Crippen molar-refractivity contribution in [2.24, 2.45) is 0 Å². The normalized spacial score (nSPS) is 16.7. The number of amides is 1. The number of halogens is 1. The maximum Gasteiger partial charge on any atom is 0.227 e. The summed E-state index contributed by atoms with van der Waals surface area (Å²) in [6.45, 7) is 0.805. The van der Waals surface area contributed by atoms with Gasteiger partial charge in [-0.1, -0.05) is 17.7 Å². The summed E-state index contributed by atoms with van der Waals surface area (Å²) in [5.74, 6) is 0.183. The third kappa shape index (κ3) is 1.68. The van der Waals surface area contributed by atoms with E-state index in [4.69, 9.17) is 11.6 Å². The maximum atomic E-state index is 11.4. The van der Waals surface area contributed by atoms with E-state index >= 15 is 0 Å². The Morgan fingerprint density at radius 1 is 1.54 bits per heavy atom. The van der Waals surface area contributed by atoms with Crippen molar-refractivity contribution in [3.8, 4) is 0 Å².